The first-order valence-electron chi connectivity index (χ1n) is 7.03. The summed E-state index contributed by atoms with van der Waals surface area (Å²) in [6.07, 6.45) is 0. The van der Waals surface area contributed by atoms with Gasteiger partial charge in [0.1, 0.15) is 0 Å². The molecule has 0 spiro atoms. The van der Waals surface area contributed by atoms with Crippen LogP contribution in [0.2, 0.25) is 0 Å². The number of nitrogens with one attached hydrogen (secondary N) is 1. The van der Waals surface area contributed by atoms with E-state index in [1.807, 2.05) is 30.3 Å². The molecule has 1 atom stereocenters. The predicted octanol–water partition coefficient (Wildman–Crippen LogP) is 2.78. The summed E-state index contributed by atoms with van der Waals surface area (Å²) in [5, 5.41) is 3.89. The summed E-state index contributed by atoms with van der Waals surface area (Å²) in [7, 11) is -3.64. The van der Waals surface area contributed by atoms with E-state index in [1.54, 1.807) is 25.1 Å². The normalized spacial score (nSPS) is 12.9. The molecule has 0 amide bonds. The van der Waals surface area contributed by atoms with Gasteiger partial charge in [0.25, 0.3) is 0 Å². The number of sulfonamides is 1. The molecule has 2 aromatic carbocycles. The van der Waals surface area contributed by atoms with Gasteiger partial charge >= 0.3 is 0 Å². The van der Waals surface area contributed by atoms with Gasteiger partial charge in [0.15, 0.2) is 0 Å². The van der Waals surface area contributed by atoms with Crippen LogP contribution >= 0.6 is 0 Å². The molecule has 6 nitrogen and oxygen atoms in total. The van der Waals surface area contributed by atoms with E-state index in [9.17, 15) is 8.42 Å². The molecule has 7 heteroatoms. The summed E-state index contributed by atoms with van der Waals surface area (Å²) in [6.45, 7) is 1.66. The fourth-order valence-electron chi connectivity index (χ4n) is 2.07. The Hall–Kier alpha value is -2.51. The van der Waals surface area contributed by atoms with Gasteiger partial charge < -0.3 is 4.52 Å². The van der Waals surface area contributed by atoms with E-state index in [1.165, 1.54) is 12.1 Å². The molecule has 0 aliphatic heterocycles. The molecule has 0 saturated carbocycles. The fraction of sp³-hybridized carbons (Fsp3) is 0.125. The third-order valence-corrected chi connectivity index (χ3v) is 4.79. The largest absolute Gasteiger partial charge is 0.337 e. The standard InChI is InChI=1S/C16H15N3O3S/c1-12(19-23(20,21)14-10-6-3-7-11-14)16-17-15(18-22-16)13-8-4-2-5-9-13/h2-12,19H,1H3/t12-/m1/s1. The van der Waals surface area contributed by atoms with Gasteiger partial charge in [-0.05, 0) is 19.1 Å². The SMILES string of the molecule is C[C@@H](NS(=O)(=O)c1ccccc1)c1nc(-c2ccccc2)no1. The lowest BCUT2D eigenvalue weighted by molar-refractivity contribution is 0.354. The smallest absolute Gasteiger partial charge is 0.244 e. The number of benzene rings is 2. The van der Waals surface area contributed by atoms with Crippen molar-refractivity contribution in [2.24, 2.45) is 0 Å². The summed E-state index contributed by atoms with van der Waals surface area (Å²) < 4.78 is 32.3. The second-order valence-electron chi connectivity index (χ2n) is 4.98. The zero-order valence-electron chi connectivity index (χ0n) is 12.4. The van der Waals surface area contributed by atoms with Crippen LogP contribution in [0.4, 0.5) is 0 Å². The lowest BCUT2D eigenvalue weighted by atomic mass is 10.2. The molecule has 3 aromatic rings. The van der Waals surface area contributed by atoms with E-state index in [0.717, 1.165) is 5.56 Å². The van der Waals surface area contributed by atoms with Crippen molar-refractivity contribution in [1.82, 2.24) is 14.9 Å². The van der Waals surface area contributed by atoms with Crippen molar-refractivity contribution >= 4 is 10.0 Å². The number of hydrogen-bond donors (Lipinski definition) is 1. The monoisotopic (exact) mass is 329 g/mol. The molecule has 1 heterocycles. The summed E-state index contributed by atoms with van der Waals surface area (Å²) >= 11 is 0. The van der Waals surface area contributed by atoms with Crippen LogP contribution in [0.25, 0.3) is 11.4 Å². The summed E-state index contributed by atoms with van der Waals surface area (Å²) in [6, 6.07) is 16.8. The third-order valence-electron chi connectivity index (χ3n) is 3.23. The number of rotatable bonds is 5. The average molecular weight is 329 g/mol. The van der Waals surface area contributed by atoms with Gasteiger partial charge in [-0.1, -0.05) is 53.7 Å². The van der Waals surface area contributed by atoms with Crippen LogP contribution in [0.5, 0.6) is 0 Å². The highest BCUT2D eigenvalue weighted by molar-refractivity contribution is 7.89. The number of hydrogen-bond acceptors (Lipinski definition) is 5. The van der Waals surface area contributed by atoms with Crippen LogP contribution < -0.4 is 4.72 Å². The Morgan fingerprint density at radius 2 is 1.61 bits per heavy atom. The molecule has 1 N–H and O–H groups in total. The van der Waals surface area contributed by atoms with Gasteiger partial charge in [0, 0.05) is 5.56 Å². The highest BCUT2D eigenvalue weighted by Crippen LogP contribution is 2.19. The van der Waals surface area contributed by atoms with E-state index in [0.29, 0.717) is 5.82 Å². The van der Waals surface area contributed by atoms with Crippen molar-refractivity contribution in [1.29, 1.82) is 0 Å². The molecular weight excluding hydrogens is 314 g/mol. The highest BCUT2D eigenvalue weighted by Gasteiger charge is 2.22. The van der Waals surface area contributed by atoms with Gasteiger partial charge in [-0.25, -0.2) is 8.42 Å². The second-order valence-corrected chi connectivity index (χ2v) is 6.69. The predicted molar refractivity (Wildman–Crippen MR) is 84.9 cm³/mol. The maximum atomic E-state index is 12.3. The lowest BCUT2D eigenvalue weighted by Crippen LogP contribution is -2.27. The van der Waals surface area contributed by atoms with Crippen LogP contribution in [0, 0.1) is 0 Å². The molecule has 0 radical (unpaired) electrons. The quantitative estimate of drug-likeness (QED) is 0.778. The van der Waals surface area contributed by atoms with Crippen LogP contribution in [-0.4, -0.2) is 18.6 Å². The van der Waals surface area contributed by atoms with Gasteiger partial charge in [0.05, 0.1) is 10.9 Å². The van der Waals surface area contributed by atoms with Crippen molar-refractivity contribution < 1.29 is 12.9 Å². The number of aromatic nitrogens is 2. The Morgan fingerprint density at radius 3 is 2.26 bits per heavy atom. The van der Waals surface area contributed by atoms with E-state index in [2.05, 4.69) is 14.9 Å². The summed E-state index contributed by atoms with van der Waals surface area (Å²) in [5.41, 5.74) is 0.806. The van der Waals surface area contributed by atoms with Gasteiger partial charge in [-0.3, -0.25) is 0 Å². The lowest BCUT2D eigenvalue weighted by Gasteiger charge is -2.10. The van der Waals surface area contributed by atoms with E-state index < -0.39 is 16.1 Å². The molecule has 118 valence electrons. The minimum absolute atomic E-state index is 0.189. The van der Waals surface area contributed by atoms with E-state index in [-0.39, 0.29) is 10.8 Å². The van der Waals surface area contributed by atoms with Crippen LogP contribution in [-0.2, 0) is 10.0 Å². The van der Waals surface area contributed by atoms with E-state index in [4.69, 9.17) is 4.52 Å². The van der Waals surface area contributed by atoms with Gasteiger partial charge in [-0.2, -0.15) is 9.71 Å². The van der Waals surface area contributed by atoms with Crippen molar-refractivity contribution in [3.05, 3.63) is 66.6 Å². The van der Waals surface area contributed by atoms with Crippen molar-refractivity contribution in [3.8, 4) is 11.4 Å². The zero-order chi connectivity index (χ0) is 16.3. The Kier molecular flexibility index (Phi) is 4.22. The number of nitrogens with zero attached hydrogens (tertiary/aromatic N) is 2. The second kappa shape index (κ2) is 6.31. The molecule has 3 rings (SSSR count). The molecule has 0 unspecified atom stereocenters. The summed E-state index contributed by atoms with van der Waals surface area (Å²) in [5.74, 6) is 0.634. The van der Waals surface area contributed by atoms with Crippen molar-refractivity contribution in [2.45, 2.75) is 17.9 Å². The molecular formula is C16H15N3O3S. The third kappa shape index (κ3) is 3.46. The van der Waals surface area contributed by atoms with Crippen LogP contribution in [0.1, 0.15) is 18.9 Å². The van der Waals surface area contributed by atoms with E-state index >= 15 is 0 Å². The molecule has 1 aromatic heterocycles. The molecule has 23 heavy (non-hydrogen) atoms. The van der Waals surface area contributed by atoms with Gasteiger partial charge in [-0.15, -0.1) is 0 Å². The van der Waals surface area contributed by atoms with Crippen molar-refractivity contribution in [2.75, 3.05) is 0 Å². The fourth-order valence-corrected chi connectivity index (χ4v) is 3.28. The van der Waals surface area contributed by atoms with Crippen LogP contribution in [0.15, 0.2) is 70.1 Å². The molecule has 0 saturated heterocycles. The Bertz CT molecular complexity index is 877. The van der Waals surface area contributed by atoms with Crippen LogP contribution in [0.3, 0.4) is 0 Å². The molecule has 0 bridgehead atoms. The Labute approximate surface area is 134 Å². The average Bonchev–Trinajstić information content (AvgIpc) is 3.06. The first kappa shape index (κ1) is 15.4. The molecule has 0 aliphatic rings. The zero-order valence-corrected chi connectivity index (χ0v) is 13.2. The highest BCUT2D eigenvalue weighted by atomic mass is 32.2. The first-order valence-corrected chi connectivity index (χ1v) is 8.51. The van der Waals surface area contributed by atoms with Crippen molar-refractivity contribution in [3.63, 3.8) is 0 Å². The molecule has 0 aliphatic carbocycles. The molecule has 0 fully saturated rings. The summed E-state index contributed by atoms with van der Waals surface area (Å²) in [4.78, 5) is 4.44. The first-order chi connectivity index (χ1) is 11.1. The minimum atomic E-state index is -3.64. The maximum absolute atomic E-state index is 12.3. The maximum Gasteiger partial charge on any atom is 0.244 e. The minimum Gasteiger partial charge on any atom is -0.337 e. The Morgan fingerprint density at radius 1 is 1.00 bits per heavy atom. The topological polar surface area (TPSA) is 85.1 Å². The Balaban J connectivity index is 1.79. The van der Waals surface area contributed by atoms with Gasteiger partial charge in [0.2, 0.25) is 21.7 Å².